The molecule has 1 unspecified atom stereocenters. The predicted octanol–water partition coefficient (Wildman–Crippen LogP) is -0.447. The summed E-state index contributed by atoms with van der Waals surface area (Å²) < 4.78 is 4.94. The molecule has 0 bridgehead atoms. The first-order valence-electron chi connectivity index (χ1n) is 5.62. The molecule has 1 rings (SSSR count). The van der Waals surface area contributed by atoms with Crippen LogP contribution in [-0.2, 0) is 9.53 Å². The van der Waals surface area contributed by atoms with Crippen LogP contribution in [0.25, 0.3) is 0 Å². The largest absolute Gasteiger partial charge is 0.464 e. The molecule has 2 N–H and O–H groups in total. The summed E-state index contributed by atoms with van der Waals surface area (Å²) in [6, 6.07) is -0.720. The van der Waals surface area contributed by atoms with Crippen LogP contribution in [0.5, 0.6) is 0 Å². The summed E-state index contributed by atoms with van der Waals surface area (Å²) in [6.45, 7) is 6.17. The van der Waals surface area contributed by atoms with Crippen LogP contribution in [0.15, 0.2) is 0 Å². The number of hydrogen-bond donors (Lipinski definition) is 2. The van der Waals surface area contributed by atoms with Crippen molar-refractivity contribution in [2.45, 2.75) is 19.9 Å². The van der Waals surface area contributed by atoms with E-state index in [1.165, 1.54) is 4.90 Å². The first kappa shape index (κ1) is 12.8. The number of rotatable bonds is 3. The number of carbonyl (C=O) groups excluding carboxylic acids is 2. The highest BCUT2D eigenvalue weighted by atomic mass is 16.5. The van der Waals surface area contributed by atoms with E-state index in [0.29, 0.717) is 32.8 Å². The Kier molecular flexibility index (Phi) is 5.04. The Morgan fingerprint density at radius 1 is 1.50 bits per heavy atom. The molecule has 1 atom stereocenters. The number of hydrogen-bond acceptors (Lipinski definition) is 4. The van der Waals surface area contributed by atoms with E-state index in [4.69, 9.17) is 4.74 Å². The molecule has 0 aliphatic carbocycles. The highest BCUT2D eigenvalue weighted by molar-refractivity contribution is 5.84. The summed E-state index contributed by atoms with van der Waals surface area (Å²) in [5.41, 5.74) is 0. The Labute approximate surface area is 95.3 Å². The zero-order chi connectivity index (χ0) is 12.0. The van der Waals surface area contributed by atoms with E-state index in [0.717, 1.165) is 0 Å². The van der Waals surface area contributed by atoms with Crippen LogP contribution in [-0.4, -0.2) is 55.7 Å². The molecular weight excluding hydrogens is 210 g/mol. The maximum atomic E-state index is 11.7. The van der Waals surface area contributed by atoms with Crippen LogP contribution < -0.4 is 10.6 Å². The van der Waals surface area contributed by atoms with Gasteiger partial charge in [0.05, 0.1) is 6.61 Å². The topological polar surface area (TPSA) is 70.7 Å². The molecule has 0 aromatic heterocycles. The predicted molar refractivity (Wildman–Crippen MR) is 59.1 cm³/mol. The third-order valence-corrected chi connectivity index (χ3v) is 2.39. The second kappa shape index (κ2) is 6.32. The molecule has 0 radical (unpaired) electrons. The van der Waals surface area contributed by atoms with E-state index in [1.807, 2.05) is 6.92 Å². The van der Waals surface area contributed by atoms with E-state index < -0.39 is 6.04 Å². The number of ether oxygens (including phenoxy) is 1. The fourth-order valence-electron chi connectivity index (χ4n) is 1.65. The molecule has 6 heteroatoms. The smallest absolute Gasteiger partial charge is 0.330 e. The van der Waals surface area contributed by atoms with Gasteiger partial charge in [-0.25, -0.2) is 9.59 Å². The van der Waals surface area contributed by atoms with Crippen LogP contribution in [0.1, 0.15) is 13.8 Å². The molecule has 1 heterocycles. The maximum absolute atomic E-state index is 11.7. The Hall–Kier alpha value is -1.30. The van der Waals surface area contributed by atoms with Crippen LogP contribution in [0.2, 0.25) is 0 Å². The van der Waals surface area contributed by atoms with E-state index in [1.54, 1.807) is 6.92 Å². The molecule has 0 spiro atoms. The summed E-state index contributed by atoms with van der Waals surface area (Å²) in [5.74, 6) is -0.346. The molecule has 16 heavy (non-hydrogen) atoms. The lowest BCUT2D eigenvalue weighted by atomic mass is 10.2. The van der Waals surface area contributed by atoms with Crippen molar-refractivity contribution in [3.8, 4) is 0 Å². The number of piperazine rings is 1. The lowest BCUT2D eigenvalue weighted by Gasteiger charge is -2.34. The second-order valence-corrected chi connectivity index (χ2v) is 3.50. The van der Waals surface area contributed by atoms with Crippen LogP contribution >= 0.6 is 0 Å². The van der Waals surface area contributed by atoms with Gasteiger partial charge in [0.15, 0.2) is 0 Å². The average molecular weight is 229 g/mol. The van der Waals surface area contributed by atoms with Gasteiger partial charge < -0.3 is 20.3 Å². The lowest BCUT2D eigenvalue weighted by molar-refractivity contribution is -0.148. The molecule has 1 aliphatic heterocycles. The minimum Gasteiger partial charge on any atom is -0.464 e. The third kappa shape index (κ3) is 3.10. The average Bonchev–Trinajstić information content (AvgIpc) is 2.30. The Morgan fingerprint density at radius 3 is 2.88 bits per heavy atom. The number of urea groups is 1. The molecule has 2 amide bonds. The van der Waals surface area contributed by atoms with Gasteiger partial charge in [-0.1, -0.05) is 0 Å². The number of nitrogens with zero attached hydrogens (tertiary/aromatic N) is 1. The van der Waals surface area contributed by atoms with Crippen LogP contribution in [0, 0.1) is 0 Å². The number of nitrogens with one attached hydrogen (secondary N) is 2. The summed E-state index contributed by atoms with van der Waals surface area (Å²) >= 11 is 0. The van der Waals surface area contributed by atoms with Gasteiger partial charge in [0.2, 0.25) is 0 Å². The van der Waals surface area contributed by atoms with E-state index in [-0.39, 0.29) is 12.0 Å². The summed E-state index contributed by atoms with van der Waals surface area (Å²) in [6.07, 6.45) is 0. The van der Waals surface area contributed by atoms with E-state index in [2.05, 4.69) is 10.6 Å². The normalized spacial score (nSPS) is 20.4. The van der Waals surface area contributed by atoms with E-state index in [9.17, 15) is 9.59 Å². The molecular formula is C10H19N3O3. The minimum absolute atomic E-state index is 0.206. The molecule has 0 aromatic carbocycles. The van der Waals surface area contributed by atoms with Crippen molar-refractivity contribution in [3.05, 3.63) is 0 Å². The van der Waals surface area contributed by atoms with Crippen molar-refractivity contribution in [1.29, 1.82) is 0 Å². The van der Waals surface area contributed by atoms with Gasteiger partial charge in [-0.15, -0.1) is 0 Å². The van der Waals surface area contributed by atoms with Gasteiger partial charge in [-0.05, 0) is 13.8 Å². The second-order valence-electron chi connectivity index (χ2n) is 3.50. The van der Waals surface area contributed by atoms with Crippen molar-refractivity contribution >= 4 is 12.0 Å². The molecule has 0 saturated carbocycles. The van der Waals surface area contributed by atoms with Crippen molar-refractivity contribution in [1.82, 2.24) is 15.5 Å². The molecule has 1 aliphatic rings. The lowest BCUT2D eigenvalue weighted by Crippen LogP contribution is -2.59. The van der Waals surface area contributed by atoms with E-state index >= 15 is 0 Å². The number of amides is 2. The van der Waals surface area contributed by atoms with Gasteiger partial charge in [-0.2, -0.15) is 0 Å². The summed E-state index contributed by atoms with van der Waals surface area (Å²) in [5, 5.41) is 5.77. The monoisotopic (exact) mass is 229 g/mol. The molecule has 1 fully saturated rings. The quantitative estimate of drug-likeness (QED) is 0.643. The third-order valence-electron chi connectivity index (χ3n) is 2.39. The number of carbonyl (C=O) groups is 2. The summed E-state index contributed by atoms with van der Waals surface area (Å²) in [4.78, 5) is 24.9. The van der Waals surface area contributed by atoms with Gasteiger partial charge in [0, 0.05) is 26.2 Å². The first-order valence-corrected chi connectivity index (χ1v) is 5.62. The zero-order valence-electron chi connectivity index (χ0n) is 9.78. The Balaban J connectivity index is 2.63. The Bertz CT molecular complexity index is 232. The molecule has 0 aromatic rings. The first-order chi connectivity index (χ1) is 7.70. The van der Waals surface area contributed by atoms with Gasteiger partial charge >= 0.3 is 12.0 Å². The Morgan fingerprint density at radius 2 is 2.25 bits per heavy atom. The van der Waals surface area contributed by atoms with Crippen molar-refractivity contribution in [2.75, 3.05) is 32.8 Å². The highest BCUT2D eigenvalue weighted by Gasteiger charge is 2.32. The van der Waals surface area contributed by atoms with Gasteiger partial charge in [0.25, 0.3) is 0 Å². The molecule has 1 saturated heterocycles. The molecule has 6 nitrogen and oxygen atoms in total. The van der Waals surface area contributed by atoms with Crippen LogP contribution in [0.4, 0.5) is 4.79 Å². The fraction of sp³-hybridized carbons (Fsp3) is 0.800. The summed E-state index contributed by atoms with van der Waals surface area (Å²) in [7, 11) is 0. The van der Waals surface area contributed by atoms with Crippen molar-refractivity contribution in [2.24, 2.45) is 0 Å². The minimum atomic E-state index is -0.514. The maximum Gasteiger partial charge on any atom is 0.330 e. The van der Waals surface area contributed by atoms with Crippen molar-refractivity contribution in [3.63, 3.8) is 0 Å². The standard InChI is InChI=1S/C10H19N3O3/c1-3-12-10(15)13-6-5-11-7-8(13)9(14)16-4-2/h8,11H,3-7H2,1-2H3,(H,12,15). The molecule has 92 valence electrons. The fourth-order valence-corrected chi connectivity index (χ4v) is 1.65. The number of esters is 1. The van der Waals surface area contributed by atoms with Gasteiger partial charge in [0.1, 0.15) is 6.04 Å². The highest BCUT2D eigenvalue weighted by Crippen LogP contribution is 2.05. The zero-order valence-corrected chi connectivity index (χ0v) is 9.78. The van der Waals surface area contributed by atoms with Gasteiger partial charge in [-0.3, -0.25) is 0 Å². The SMILES string of the molecule is CCNC(=O)N1CCNCC1C(=O)OCC. The van der Waals surface area contributed by atoms with Crippen LogP contribution in [0.3, 0.4) is 0 Å². The van der Waals surface area contributed by atoms with Crippen molar-refractivity contribution < 1.29 is 14.3 Å².